The summed E-state index contributed by atoms with van der Waals surface area (Å²) in [4.78, 5) is 12.1. The topological polar surface area (TPSA) is 80.0 Å². The van der Waals surface area contributed by atoms with Crippen LogP contribution >= 0.6 is 11.6 Å². The van der Waals surface area contributed by atoms with Gasteiger partial charge in [-0.25, -0.2) is 4.79 Å². The lowest BCUT2D eigenvalue weighted by molar-refractivity contribution is 0.262. The predicted molar refractivity (Wildman–Crippen MR) is 109 cm³/mol. The first-order valence-electron chi connectivity index (χ1n) is 8.51. The van der Waals surface area contributed by atoms with Gasteiger partial charge in [0.05, 0.1) is 10.6 Å². The molecule has 0 bridgehead atoms. The van der Waals surface area contributed by atoms with Crippen molar-refractivity contribution in [1.29, 1.82) is 0 Å². The highest BCUT2D eigenvalue weighted by Gasteiger charge is 2.14. The molecule has 0 radical (unpaired) electrons. The van der Waals surface area contributed by atoms with Gasteiger partial charge in [-0.05, 0) is 42.5 Å². The van der Waals surface area contributed by atoms with Gasteiger partial charge >= 0.3 is 6.03 Å². The van der Waals surface area contributed by atoms with E-state index in [1.807, 2.05) is 48.5 Å². The minimum Gasteiger partial charge on any atom is -0.416 e. The van der Waals surface area contributed by atoms with Crippen molar-refractivity contribution in [2.24, 2.45) is 0 Å². The van der Waals surface area contributed by atoms with Gasteiger partial charge in [0.2, 0.25) is 11.8 Å². The molecular weight excluding hydrogens is 376 g/mol. The van der Waals surface area contributed by atoms with Crippen molar-refractivity contribution in [3.05, 3.63) is 83.9 Å². The molecule has 2 amide bonds. The van der Waals surface area contributed by atoms with Crippen molar-refractivity contribution in [3.63, 3.8) is 0 Å². The third-order valence-corrected chi connectivity index (χ3v) is 4.25. The number of hydrogen-bond donors (Lipinski definition) is 2. The second-order valence-electron chi connectivity index (χ2n) is 5.92. The van der Waals surface area contributed by atoms with Crippen LogP contribution in [-0.4, -0.2) is 16.2 Å². The van der Waals surface area contributed by atoms with Crippen LogP contribution < -0.4 is 10.6 Å². The monoisotopic (exact) mass is 390 g/mol. The van der Waals surface area contributed by atoms with Gasteiger partial charge < -0.3 is 15.1 Å². The molecule has 0 aliphatic rings. The molecule has 28 heavy (non-hydrogen) atoms. The van der Waals surface area contributed by atoms with E-state index in [4.69, 9.17) is 16.0 Å². The van der Waals surface area contributed by atoms with Gasteiger partial charge in [0.15, 0.2) is 0 Å². The zero-order valence-corrected chi connectivity index (χ0v) is 15.4. The molecule has 1 heterocycles. The number of aromatic nitrogens is 2. The van der Waals surface area contributed by atoms with Gasteiger partial charge in [0, 0.05) is 16.9 Å². The van der Waals surface area contributed by atoms with Crippen LogP contribution in [0.2, 0.25) is 5.02 Å². The molecule has 7 heteroatoms. The summed E-state index contributed by atoms with van der Waals surface area (Å²) in [5, 5.41) is 14.0. The van der Waals surface area contributed by atoms with Crippen LogP contribution in [-0.2, 0) is 0 Å². The maximum Gasteiger partial charge on any atom is 0.323 e. The number of nitrogens with one attached hydrogen (secondary N) is 2. The zero-order valence-electron chi connectivity index (χ0n) is 14.6. The lowest BCUT2D eigenvalue weighted by atomic mass is 10.2. The number of carbonyl (C=O) groups excluding carboxylic acids is 1. The average molecular weight is 391 g/mol. The molecule has 0 fully saturated rings. The Labute approximate surface area is 166 Å². The van der Waals surface area contributed by atoms with Crippen molar-refractivity contribution in [3.8, 4) is 22.9 Å². The highest BCUT2D eigenvalue weighted by Crippen LogP contribution is 2.31. The standard InChI is InChI=1S/C21H15ClN4O2/c22-18-13-16(24-21(27)23-15-9-5-2-6-10-15)11-12-17(18)20-26-25-19(28-20)14-7-3-1-4-8-14/h1-13H,(H2,23,24,27). The Balaban J connectivity index is 1.49. The Bertz CT molecular complexity index is 1100. The Kier molecular flexibility index (Phi) is 5.03. The molecule has 0 saturated heterocycles. The molecule has 6 nitrogen and oxygen atoms in total. The number of urea groups is 1. The minimum absolute atomic E-state index is 0.309. The van der Waals surface area contributed by atoms with Crippen molar-refractivity contribution in [1.82, 2.24) is 10.2 Å². The fourth-order valence-electron chi connectivity index (χ4n) is 2.61. The van der Waals surface area contributed by atoms with Crippen molar-refractivity contribution < 1.29 is 9.21 Å². The molecule has 0 atom stereocenters. The summed E-state index contributed by atoms with van der Waals surface area (Å²) >= 11 is 6.36. The maximum atomic E-state index is 12.1. The summed E-state index contributed by atoms with van der Waals surface area (Å²) in [5.41, 5.74) is 2.66. The van der Waals surface area contributed by atoms with Crippen LogP contribution in [0.25, 0.3) is 22.9 Å². The van der Waals surface area contributed by atoms with Gasteiger partial charge in [0.1, 0.15) is 0 Å². The molecule has 4 aromatic rings. The molecule has 1 aromatic heterocycles. The zero-order chi connectivity index (χ0) is 19.3. The largest absolute Gasteiger partial charge is 0.416 e. The normalized spacial score (nSPS) is 10.5. The lowest BCUT2D eigenvalue weighted by Crippen LogP contribution is -2.19. The number of amides is 2. The van der Waals surface area contributed by atoms with Crippen molar-refractivity contribution in [2.75, 3.05) is 10.6 Å². The molecule has 0 unspecified atom stereocenters. The fraction of sp³-hybridized carbons (Fsp3) is 0. The first-order valence-corrected chi connectivity index (χ1v) is 8.89. The van der Waals surface area contributed by atoms with E-state index >= 15 is 0 Å². The smallest absolute Gasteiger partial charge is 0.323 e. The van der Waals surface area contributed by atoms with E-state index in [1.54, 1.807) is 30.3 Å². The number of rotatable bonds is 4. The van der Waals surface area contributed by atoms with Crippen LogP contribution in [0, 0.1) is 0 Å². The first-order chi connectivity index (χ1) is 13.7. The summed E-state index contributed by atoms with van der Waals surface area (Å²) in [6, 6.07) is 23.4. The number of hydrogen-bond acceptors (Lipinski definition) is 4. The molecular formula is C21H15ClN4O2. The second-order valence-corrected chi connectivity index (χ2v) is 6.33. The van der Waals surface area contributed by atoms with Crippen LogP contribution in [0.15, 0.2) is 83.3 Å². The number of nitrogens with zero attached hydrogens (tertiary/aromatic N) is 2. The van der Waals surface area contributed by atoms with Crippen molar-refractivity contribution >= 4 is 29.0 Å². The van der Waals surface area contributed by atoms with Gasteiger partial charge in [0.25, 0.3) is 0 Å². The van der Waals surface area contributed by atoms with E-state index in [1.165, 1.54) is 0 Å². The second kappa shape index (κ2) is 7.94. The van der Waals surface area contributed by atoms with Crippen LogP contribution in [0.5, 0.6) is 0 Å². The molecule has 0 aliphatic carbocycles. The van der Waals surface area contributed by atoms with E-state index in [9.17, 15) is 4.79 Å². The average Bonchev–Trinajstić information content (AvgIpc) is 3.19. The Hall–Kier alpha value is -3.64. The minimum atomic E-state index is -0.362. The Morgan fingerprint density at radius 3 is 2.14 bits per heavy atom. The fourth-order valence-corrected chi connectivity index (χ4v) is 2.87. The quantitative estimate of drug-likeness (QED) is 0.468. The summed E-state index contributed by atoms with van der Waals surface area (Å²) in [6.07, 6.45) is 0. The first kappa shape index (κ1) is 17.8. The number of anilines is 2. The van der Waals surface area contributed by atoms with E-state index in [0.717, 1.165) is 5.56 Å². The molecule has 0 spiro atoms. The lowest BCUT2D eigenvalue weighted by Gasteiger charge is -2.08. The number of halogens is 1. The maximum absolute atomic E-state index is 12.1. The van der Waals surface area contributed by atoms with E-state index in [-0.39, 0.29) is 6.03 Å². The molecule has 0 saturated carbocycles. The number of benzene rings is 3. The summed E-state index contributed by atoms with van der Waals surface area (Å²) in [5.74, 6) is 0.722. The number of carbonyl (C=O) groups is 1. The van der Waals surface area contributed by atoms with E-state index in [2.05, 4.69) is 20.8 Å². The summed E-state index contributed by atoms with van der Waals surface area (Å²) in [6.45, 7) is 0. The molecule has 138 valence electrons. The highest BCUT2D eigenvalue weighted by molar-refractivity contribution is 6.33. The van der Waals surface area contributed by atoms with Crippen LogP contribution in [0.1, 0.15) is 0 Å². The van der Waals surface area contributed by atoms with Gasteiger partial charge in [-0.15, -0.1) is 10.2 Å². The molecule has 2 N–H and O–H groups in total. The van der Waals surface area contributed by atoms with Gasteiger partial charge in [-0.2, -0.15) is 0 Å². The van der Waals surface area contributed by atoms with Gasteiger partial charge in [-0.1, -0.05) is 48.0 Å². The third kappa shape index (κ3) is 4.02. The van der Waals surface area contributed by atoms with Crippen LogP contribution in [0.3, 0.4) is 0 Å². The Morgan fingerprint density at radius 1 is 0.786 bits per heavy atom. The highest BCUT2D eigenvalue weighted by atomic mass is 35.5. The predicted octanol–water partition coefficient (Wildman–Crippen LogP) is 5.70. The molecule has 3 aromatic carbocycles. The summed E-state index contributed by atoms with van der Waals surface area (Å²) in [7, 11) is 0. The third-order valence-electron chi connectivity index (χ3n) is 3.93. The molecule has 4 rings (SSSR count). The summed E-state index contributed by atoms with van der Waals surface area (Å²) < 4.78 is 5.73. The molecule has 0 aliphatic heterocycles. The number of para-hydroxylation sites is 1. The van der Waals surface area contributed by atoms with Crippen molar-refractivity contribution in [2.45, 2.75) is 0 Å². The SMILES string of the molecule is O=C(Nc1ccccc1)Nc1ccc(-c2nnc(-c3ccccc3)o2)c(Cl)c1. The van der Waals surface area contributed by atoms with Crippen LogP contribution in [0.4, 0.5) is 16.2 Å². The Morgan fingerprint density at radius 2 is 1.43 bits per heavy atom. The van der Waals surface area contributed by atoms with E-state index in [0.29, 0.717) is 33.7 Å². The van der Waals surface area contributed by atoms with Gasteiger partial charge in [-0.3, -0.25) is 0 Å². The van der Waals surface area contributed by atoms with E-state index < -0.39 is 0 Å².